The monoisotopic (exact) mass is 284 g/mol. The van der Waals surface area contributed by atoms with Crippen LogP contribution in [0.1, 0.15) is 24.1 Å². The Labute approximate surface area is 124 Å². The van der Waals surface area contributed by atoms with Crippen LogP contribution < -0.4 is 15.8 Å². The summed E-state index contributed by atoms with van der Waals surface area (Å²) in [7, 11) is 0. The second-order valence-electron chi connectivity index (χ2n) is 4.83. The Balaban J connectivity index is 2.01. The minimum atomic E-state index is -0.683. The van der Waals surface area contributed by atoms with Gasteiger partial charge in [0.05, 0.1) is 6.61 Å². The van der Waals surface area contributed by atoms with Gasteiger partial charge in [0.25, 0.3) is 0 Å². The van der Waals surface area contributed by atoms with E-state index < -0.39 is 6.04 Å². The first-order valence-corrected chi connectivity index (χ1v) is 6.96. The number of anilines is 1. The Morgan fingerprint density at radius 3 is 2.33 bits per heavy atom. The molecule has 0 spiro atoms. The third-order valence-corrected chi connectivity index (χ3v) is 3.15. The van der Waals surface area contributed by atoms with Crippen LogP contribution in [0.2, 0.25) is 0 Å². The third kappa shape index (κ3) is 4.07. The highest BCUT2D eigenvalue weighted by Crippen LogP contribution is 2.18. The number of rotatable bonds is 5. The molecule has 4 heteroatoms. The fraction of sp³-hybridized carbons (Fsp3) is 0.235. The number of carbonyl (C=O) groups is 1. The zero-order chi connectivity index (χ0) is 15.2. The lowest BCUT2D eigenvalue weighted by Gasteiger charge is -2.13. The van der Waals surface area contributed by atoms with Crippen LogP contribution in [0.4, 0.5) is 5.69 Å². The highest BCUT2D eigenvalue weighted by molar-refractivity contribution is 5.95. The van der Waals surface area contributed by atoms with Crippen molar-refractivity contribution in [2.75, 3.05) is 11.9 Å². The van der Waals surface area contributed by atoms with Crippen molar-refractivity contribution in [3.05, 3.63) is 59.7 Å². The molecule has 2 aromatic rings. The molecule has 0 fully saturated rings. The van der Waals surface area contributed by atoms with Gasteiger partial charge in [-0.15, -0.1) is 0 Å². The van der Waals surface area contributed by atoms with Crippen LogP contribution >= 0.6 is 0 Å². The first kappa shape index (κ1) is 15.1. The molecule has 0 heterocycles. The van der Waals surface area contributed by atoms with E-state index in [0.29, 0.717) is 12.3 Å². The average Bonchev–Trinajstić information content (AvgIpc) is 2.49. The normalized spacial score (nSPS) is 11.8. The molecule has 110 valence electrons. The van der Waals surface area contributed by atoms with Crippen molar-refractivity contribution in [1.82, 2.24) is 0 Å². The lowest BCUT2D eigenvalue weighted by atomic mass is 10.1. The lowest BCUT2D eigenvalue weighted by Crippen LogP contribution is -2.27. The smallest absolute Gasteiger partial charge is 0.245 e. The molecule has 0 saturated heterocycles. The van der Waals surface area contributed by atoms with Gasteiger partial charge in [-0.3, -0.25) is 4.79 Å². The van der Waals surface area contributed by atoms with Gasteiger partial charge >= 0.3 is 0 Å². The van der Waals surface area contributed by atoms with Crippen molar-refractivity contribution in [2.45, 2.75) is 19.9 Å². The molecule has 2 aromatic carbocycles. The number of amides is 1. The van der Waals surface area contributed by atoms with Crippen LogP contribution in [-0.2, 0) is 4.79 Å². The van der Waals surface area contributed by atoms with Crippen molar-refractivity contribution < 1.29 is 9.53 Å². The molecular formula is C17H20N2O2. The zero-order valence-corrected chi connectivity index (χ0v) is 12.3. The number of nitrogens with one attached hydrogen (secondary N) is 1. The van der Waals surface area contributed by atoms with E-state index in [1.54, 1.807) is 12.1 Å². The van der Waals surface area contributed by atoms with Gasteiger partial charge in [0, 0.05) is 5.69 Å². The van der Waals surface area contributed by atoms with Crippen molar-refractivity contribution in [3.63, 3.8) is 0 Å². The van der Waals surface area contributed by atoms with Crippen LogP contribution in [-0.4, -0.2) is 12.5 Å². The molecule has 0 aliphatic heterocycles. The highest BCUT2D eigenvalue weighted by atomic mass is 16.5. The standard InChI is InChI=1S/C17H20N2O2/c1-3-21-15-10-8-14(9-11-15)19-17(20)16(18)13-6-4-12(2)5-7-13/h4-11,16H,3,18H2,1-2H3,(H,19,20). The summed E-state index contributed by atoms with van der Waals surface area (Å²) in [6, 6.07) is 14.2. The van der Waals surface area contributed by atoms with E-state index in [9.17, 15) is 4.79 Å². The molecule has 4 nitrogen and oxygen atoms in total. The SMILES string of the molecule is CCOc1ccc(NC(=O)C(N)c2ccc(C)cc2)cc1. The molecule has 0 saturated carbocycles. The molecule has 0 radical (unpaired) electrons. The topological polar surface area (TPSA) is 64.3 Å². The average molecular weight is 284 g/mol. The molecule has 1 unspecified atom stereocenters. The van der Waals surface area contributed by atoms with E-state index in [1.165, 1.54) is 0 Å². The van der Waals surface area contributed by atoms with Crippen LogP contribution in [0.5, 0.6) is 5.75 Å². The molecule has 0 bridgehead atoms. The van der Waals surface area contributed by atoms with E-state index >= 15 is 0 Å². The molecule has 0 aliphatic carbocycles. The van der Waals surface area contributed by atoms with Gasteiger partial charge in [-0.25, -0.2) is 0 Å². The van der Waals surface area contributed by atoms with Crippen molar-refractivity contribution in [1.29, 1.82) is 0 Å². The Bertz CT molecular complexity index is 591. The van der Waals surface area contributed by atoms with Crippen LogP contribution in [0.25, 0.3) is 0 Å². The van der Waals surface area contributed by atoms with Crippen molar-refractivity contribution in [2.24, 2.45) is 5.73 Å². The van der Waals surface area contributed by atoms with Crippen LogP contribution in [0.3, 0.4) is 0 Å². The number of hydrogen-bond donors (Lipinski definition) is 2. The Kier molecular flexibility index (Phi) is 4.95. The summed E-state index contributed by atoms with van der Waals surface area (Å²) in [5.74, 6) is 0.543. The van der Waals surface area contributed by atoms with Gasteiger partial charge in [-0.2, -0.15) is 0 Å². The molecule has 1 amide bonds. The van der Waals surface area contributed by atoms with E-state index in [2.05, 4.69) is 5.32 Å². The van der Waals surface area contributed by atoms with Crippen LogP contribution in [0.15, 0.2) is 48.5 Å². The number of hydrogen-bond acceptors (Lipinski definition) is 3. The van der Waals surface area contributed by atoms with Gasteiger partial charge < -0.3 is 15.8 Å². The number of benzene rings is 2. The predicted octanol–water partition coefficient (Wildman–Crippen LogP) is 3.03. The fourth-order valence-electron chi connectivity index (χ4n) is 1.95. The number of aryl methyl sites for hydroxylation is 1. The first-order valence-electron chi connectivity index (χ1n) is 6.96. The van der Waals surface area contributed by atoms with Gasteiger partial charge in [0.2, 0.25) is 5.91 Å². The largest absolute Gasteiger partial charge is 0.494 e. The highest BCUT2D eigenvalue weighted by Gasteiger charge is 2.15. The number of nitrogens with two attached hydrogens (primary N) is 1. The van der Waals surface area contributed by atoms with Crippen molar-refractivity contribution in [3.8, 4) is 5.75 Å². The van der Waals surface area contributed by atoms with Gasteiger partial charge in [0.1, 0.15) is 11.8 Å². The maximum absolute atomic E-state index is 12.1. The Morgan fingerprint density at radius 2 is 1.76 bits per heavy atom. The third-order valence-electron chi connectivity index (χ3n) is 3.15. The summed E-state index contributed by atoms with van der Waals surface area (Å²) < 4.78 is 5.36. The molecule has 21 heavy (non-hydrogen) atoms. The minimum Gasteiger partial charge on any atom is -0.494 e. The summed E-state index contributed by atoms with van der Waals surface area (Å²) in [5, 5.41) is 2.80. The summed E-state index contributed by atoms with van der Waals surface area (Å²) in [5.41, 5.74) is 8.61. The lowest BCUT2D eigenvalue weighted by molar-refractivity contribution is -0.117. The second kappa shape index (κ2) is 6.90. The zero-order valence-electron chi connectivity index (χ0n) is 12.3. The van der Waals surface area contributed by atoms with Crippen LogP contribution in [0, 0.1) is 6.92 Å². The molecule has 0 aliphatic rings. The Morgan fingerprint density at radius 1 is 1.14 bits per heavy atom. The Hall–Kier alpha value is -2.33. The summed E-state index contributed by atoms with van der Waals surface area (Å²) in [4.78, 5) is 12.1. The molecule has 1 atom stereocenters. The van der Waals surface area contributed by atoms with Gasteiger partial charge in [0.15, 0.2) is 0 Å². The molecular weight excluding hydrogens is 264 g/mol. The number of ether oxygens (including phenoxy) is 1. The van der Waals surface area contributed by atoms with E-state index in [-0.39, 0.29) is 5.91 Å². The number of carbonyl (C=O) groups excluding carboxylic acids is 1. The summed E-state index contributed by atoms with van der Waals surface area (Å²) >= 11 is 0. The second-order valence-corrected chi connectivity index (χ2v) is 4.83. The maximum atomic E-state index is 12.1. The van der Waals surface area contributed by atoms with E-state index in [4.69, 9.17) is 10.5 Å². The summed E-state index contributed by atoms with van der Waals surface area (Å²) in [6.07, 6.45) is 0. The predicted molar refractivity (Wildman–Crippen MR) is 84.3 cm³/mol. The molecule has 0 aromatic heterocycles. The molecule has 3 N–H and O–H groups in total. The first-order chi connectivity index (χ1) is 10.1. The van der Waals surface area contributed by atoms with E-state index in [1.807, 2.05) is 50.2 Å². The molecule has 2 rings (SSSR count). The van der Waals surface area contributed by atoms with E-state index in [0.717, 1.165) is 16.9 Å². The van der Waals surface area contributed by atoms with Gasteiger partial charge in [-0.1, -0.05) is 29.8 Å². The summed E-state index contributed by atoms with van der Waals surface area (Å²) in [6.45, 7) is 4.54. The van der Waals surface area contributed by atoms with Crippen molar-refractivity contribution >= 4 is 11.6 Å². The van der Waals surface area contributed by atoms with Gasteiger partial charge in [-0.05, 0) is 43.7 Å². The maximum Gasteiger partial charge on any atom is 0.245 e. The fourth-order valence-corrected chi connectivity index (χ4v) is 1.95. The quantitative estimate of drug-likeness (QED) is 0.887. The minimum absolute atomic E-state index is 0.233.